The second kappa shape index (κ2) is 11.1. The smallest absolute Gasteiger partial charge is 0.123 e. The SMILES string of the molecule is Oc1ccccc1C(=CCOCC=C(c1ccccc1O)c1ccccc1O)c1ccccc1O. The number of ether oxygens (including phenoxy) is 1. The molecule has 0 fully saturated rings. The summed E-state index contributed by atoms with van der Waals surface area (Å²) in [7, 11) is 0. The number of hydrogen-bond donors (Lipinski definition) is 4. The van der Waals surface area contributed by atoms with Crippen molar-refractivity contribution >= 4 is 11.1 Å². The maximum absolute atomic E-state index is 10.4. The Kier molecular flexibility index (Phi) is 7.50. The molecule has 0 heterocycles. The molecule has 4 aromatic rings. The highest BCUT2D eigenvalue weighted by molar-refractivity contribution is 5.86. The van der Waals surface area contributed by atoms with Gasteiger partial charge in [-0.1, -0.05) is 84.9 Å². The van der Waals surface area contributed by atoms with Gasteiger partial charge >= 0.3 is 0 Å². The van der Waals surface area contributed by atoms with Crippen molar-refractivity contribution in [3.63, 3.8) is 0 Å². The number of phenolic OH excluding ortho intramolecular Hbond substituents is 4. The Morgan fingerprint density at radius 2 is 0.714 bits per heavy atom. The molecule has 35 heavy (non-hydrogen) atoms. The normalized spacial score (nSPS) is 10.5. The third-order valence-electron chi connectivity index (χ3n) is 5.59. The van der Waals surface area contributed by atoms with E-state index in [2.05, 4.69) is 0 Å². The van der Waals surface area contributed by atoms with Crippen LogP contribution in [0.2, 0.25) is 0 Å². The van der Waals surface area contributed by atoms with Crippen LogP contribution in [0.5, 0.6) is 23.0 Å². The first kappa shape index (κ1) is 23.7. The van der Waals surface area contributed by atoms with Gasteiger partial charge in [0.2, 0.25) is 0 Å². The quantitative estimate of drug-likeness (QED) is 0.236. The van der Waals surface area contributed by atoms with E-state index in [0.717, 1.165) is 0 Å². The first-order valence-electron chi connectivity index (χ1n) is 11.2. The first-order chi connectivity index (χ1) is 17.1. The van der Waals surface area contributed by atoms with Crippen molar-refractivity contribution in [2.45, 2.75) is 0 Å². The summed E-state index contributed by atoms with van der Waals surface area (Å²) in [5, 5.41) is 41.6. The van der Waals surface area contributed by atoms with Crippen molar-refractivity contribution in [3.05, 3.63) is 131 Å². The fourth-order valence-electron chi connectivity index (χ4n) is 3.89. The molecule has 176 valence electrons. The zero-order chi connectivity index (χ0) is 24.6. The molecule has 0 saturated heterocycles. The predicted molar refractivity (Wildman–Crippen MR) is 137 cm³/mol. The Hall–Kier alpha value is -4.48. The molecule has 4 N–H and O–H groups in total. The van der Waals surface area contributed by atoms with Gasteiger partial charge in [0.15, 0.2) is 0 Å². The summed E-state index contributed by atoms with van der Waals surface area (Å²) in [4.78, 5) is 0. The second-order valence-corrected chi connectivity index (χ2v) is 7.84. The van der Waals surface area contributed by atoms with Crippen LogP contribution >= 0.6 is 0 Å². The minimum Gasteiger partial charge on any atom is -0.507 e. The molecular weight excluding hydrogens is 440 g/mol. The van der Waals surface area contributed by atoms with Crippen LogP contribution in [0.3, 0.4) is 0 Å². The van der Waals surface area contributed by atoms with Gasteiger partial charge in [-0.05, 0) is 35.4 Å². The summed E-state index contributed by atoms with van der Waals surface area (Å²) >= 11 is 0. The van der Waals surface area contributed by atoms with Crippen molar-refractivity contribution in [1.82, 2.24) is 0 Å². The van der Waals surface area contributed by atoms with Gasteiger partial charge in [0.25, 0.3) is 0 Å². The van der Waals surface area contributed by atoms with Gasteiger partial charge in [-0.2, -0.15) is 0 Å². The van der Waals surface area contributed by atoms with E-state index in [4.69, 9.17) is 4.74 Å². The Labute approximate surface area is 204 Å². The molecule has 5 heteroatoms. The highest BCUT2D eigenvalue weighted by atomic mass is 16.5. The minimum absolute atomic E-state index is 0.100. The molecule has 0 aromatic heterocycles. The second-order valence-electron chi connectivity index (χ2n) is 7.84. The van der Waals surface area contributed by atoms with Gasteiger partial charge in [-0.3, -0.25) is 0 Å². The summed E-state index contributed by atoms with van der Waals surface area (Å²) in [5.74, 6) is 0.401. The topological polar surface area (TPSA) is 90.2 Å². The summed E-state index contributed by atoms with van der Waals surface area (Å²) in [6, 6.07) is 27.7. The molecule has 0 unspecified atom stereocenters. The molecular formula is C30H26O5. The molecule has 0 saturated carbocycles. The van der Waals surface area contributed by atoms with Crippen molar-refractivity contribution < 1.29 is 25.2 Å². The lowest BCUT2D eigenvalue weighted by Crippen LogP contribution is -1.98. The van der Waals surface area contributed by atoms with Crippen LogP contribution in [0.15, 0.2) is 109 Å². The molecule has 4 aromatic carbocycles. The van der Waals surface area contributed by atoms with E-state index in [9.17, 15) is 20.4 Å². The lowest BCUT2D eigenvalue weighted by Gasteiger charge is -2.13. The summed E-state index contributed by atoms with van der Waals surface area (Å²) < 4.78 is 5.86. The zero-order valence-corrected chi connectivity index (χ0v) is 19.0. The lowest BCUT2D eigenvalue weighted by atomic mass is 9.96. The highest BCUT2D eigenvalue weighted by Gasteiger charge is 2.14. The van der Waals surface area contributed by atoms with E-state index in [1.807, 2.05) is 24.3 Å². The molecule has 5 nitrogen and oxygen atoms in total. The molecule has 0 spiro atoms. The molecule has 0 atom stereocenters. The zero-order valence-electron chi connectivity index (χ0n) is 19.0. The van der Waals surface area contributed by atoms with Crippen molar-refractivity contribution in [3.8, 4) is 23.0 Å². The summed E-state index contributed by atoms with van der Waals surface area (Å²) in [6.45, 7) is 0.395. The monoisotopic (exact) mass is 466 g/mol. The van der Waals surface area contributed by atoms with Gasteiger partial charge < -0.3 is 25.2 Å². The van der Waals surface area contributed by atoms with Gasteiger partial charge in [-0.25, -0.2) is 0 Å². The van der Waals surface area contributed by atoms with Gasteiger partial charge in [0.05, 0.1) is 13.2 Å². The third kappa shape index (κ3) is 5.54. The predicted octanol–water partition coefficient (Wildman–Crippen LogP) is 6.09. The highest BCUT2D eigenvalue weighted by Crippen LogP contribution is 2.36. The van der Waals surface area contributed by atoms with Crippen LogP contribution in [-0.4, -0.2) is 33.6 Å². The number of para-hydroxylation sites is 4. The van der Waals surface area contributed by atoms with Gasteiger partial charge in [0, 0.05) is 22.3 Å². The van der Waals surface area contributed by atoms with E-state index < -0.39 is 0 Å². The van der Waals surface area contributed by atoms with E-state index in [1.165, 1.54) is 0 Å². The van der Waals surface area contributed by atoms with E-state index >= 15 is 0 Å². The van der Waals surface area contributed by atoms with E-state index in [-0.39, 0.29) is 36.2 Å². The van der Waals surface area contributed by atoms with Crippen LogP contribution < -0.4 is 0 Å². The molecule has 0 aliphatic heterocycles. The van der Waals surface area contributed by atoms with Crippen molar-refractivity contribution in [2.75, 3.05) is 13.2 Å². The van der Waals surface area contributed by atoms with Crippen LogP contribution in [0.4, 0.5) is 0 Å². The standard InChI is InChI=1S/C30H26O5/c31-27-13-5-1-9-23(27)21(24-10-2-6-14-28(24)32)17-19-35-20-18-22(25-11-3-7-15-29(25)33)26-12-4-8-16-30(26)34/h1-18,31-34H,19-20H2. The molecule has 0 radical (unpaired) electrons. The van der Waals surface area contributed by atoms with Gasteiger partial charge in [-0.15, -0.1) is 0 Å². The Balaban J connectivity index is 1.61. The Morgan fingerprint density at radius 3 is 0.971 bits per heavy atom. The Morgan fingerprint density at radius 1 is 0.457 bits per heavy atom. The average Bonchev–Trinajstić information content (AvgIpc) is 2.86. The molecule has 4 rings (SSSR count). The van der Waals surface area contributed by atoms with Crippen LogP contribution in [0.25, 0.3) is 11.1 Å². The van der Waals surface area contributed by atoms with E-state index in [1.54, 1.807) is 84.9 Å². The van der Waals surface area contributed by atoms with Crippen molar-refractivity contribution in [2.24, 2.45) is 0 Å². The maximum atomic E-state index is 10.4. The number of aromatic hydroxyl groups is 4. The Bertz CT molecular complexity index is 1170. The first-order valence-corrected chi connectivity index (χ1v) is 11.2. The fourth-order valence-corrected chi connectivity index (χ4v) is 3.89. The van der Waals surface area contributed by atoms with Crippen LogP contribution in [0.1, 0.15) is 22.3 Å². The molecule has 0 aliphatic carbocycles. The molecule has 0 aliphatic rings. The maximum Gasteiger partial charge on any atom is 0.123 e. The number of benzene rings is 4. The lowest BCUT2D eigenvalue weighted by molar-refractivity contribution is 0.194. The number of rotatable bonds is 8. The minimum atomic E-state index is 0.100. The molecule has 0 amide bonds. The van der Waals surface area contributed by atoms with E-state index in [0.29, 0.717) is 33.4 Å². The summed E-state index contributed by atoms with van der Waals surface area (Å²) in [6.07, 6.45) is 3.61. The average molecular weight is 467 g/mol. The van der Waals surface area contributed by atoms with Crippen molar-refractivity contribution in [1.29, 1.82) is 0 Å². The number of hydrogen-bond acceptors (Lipinski definition) is 5. The van der Waals surface area contributed by atoms with Crippen LogP contribution in [-0.2, 0) is 4.74 Å². The van der Waals surface area contributed by atoms with Gasteiger partial charge in [0.1, 0.15) is 23.0 Å². The van der Waals surface area contributed by atoms with Crippen LogP contribution in [0, 0.1) is 0 Å². The largest absolute Gasteiger partial charge is 0.507 e. The fraction of sp³-hybridized carbons (Fsp3) is 0.0667. The molecule has 0 bridgehead atoms. The third-order valence-corrected chi connectivity index (χ3v) is 5.59. The summed E-state index contributed by atoms with van der Waals surface area (Å²) in [5.41, 5.74) is 3.61. The number of phenols is 4.